The maximum Gasteiger partial charge on any atom is 0.165 e. The van der Waals surface area contributed by atoms with Gasteiger partial charge >= 0.3 is 0 Å². The molecule has 0 aliphatic heterocycles. The van der Waals surface area contributed by atoms with Crippen molar-refractivity contribution in [1.82, 2.24) is 19.1 Å². The van der Waals surface area contributed by atoms with Crippen LogP contribution in [0.4, 0.5) is 0 Å². The number of benzene rings is 7. The SMILES string of the molecule is c1ccc(-c2nc3c4cc(-c5ccc6c7ccccc7n(-c7ccccc7)c6c5)ccc4n(-c4ccccc4)c3nc2-c2ccccc2)cc1. The fourth-order valence-electron chi connectivity index (χ4n) is 7.42. The van der Waals surface area contributed by atoms with Crippen LogP contribution in [0.2, 0.25) is 0 Å². The molecule has 3 aromatic heterocycles. The average Bonchev–Trinajstić information content (AvgIpc) is 3.70. The number of rotatable bonds is 5. The zero-order valence-corrected chi connectivity index (χ0v) is 27.1. The van der Waals surface area contributed by atoms with Crippen LogP contribution >= 0.6 is 0 Å². The molecule has 0 spiro atoms. The molecule has 4 heteroatoms. The van der Waals surface area contributed by atoms with E-state index >= 15 is 0 Å². The third-order valence-corrected chi connectivity index (χ3v) is 9.71. The summed E-state index contributed by atoms with van der Waals surface area (Å²) in [6, 6.07) is 64.1. The molecule has 234 valence electrons. The number of aromatic nitrogens is 4. The van der Waals surface area contributed by atoms with Crippen LogP contribution in [0, 0.1) is 0 Å². The van der Waals surface area contributed by atoms with Gasteiger partial charge in [0.2, 0.25) is 0 Å². The molecule has 0 amide bonds. The minimum atomic E-state index is 0.835. The van der Waals surface area contributed by atoms with Gasteiger partial charge in [-0.05, 0) is 59.7 Å². The first-order valence-corrected chi connectivity index (χ1v) is 16.9. The van der Waals surface area contributed by atoms with Crippen molar-refractivity contribution in [2.45, 2.75) is 0 Å². The van der Waals surface area contributed by atoms with Gasteiger partial charge < -0.3 is 4.57 Å². The molecule has 0 atom stereocenters. The fraction of sp³-hybridized carbons (Fsp3) is 0. The monoisotopic (exact) mass is 638 g/mol. The van der Waals surface area contributed by atoms with E-state index in [1.165, 1.54) is 21.8 Å². The van der Waals surface area contributed by atoms with E-state index in [2.05, 4.69) is 179 Å². The highest BCUT2D eigenvalue weighted by Gasteiger charge is 2.21. The fourth-order valence-corrected chi connectivity index (χ4v) is 7.42. The van der Waals surface area contributed by atoms with Crippen molar-refractivity contribution in [2.75, 3.05) is 0 Å². The Morgan fingerprint density at radius 1 is 0.320 bits per heavy atom. The largest absolute Gasteiger partial charge is 0.309 e. The van der Waals surface area contributed by atoms with Gasteiger partial charge in [0.15, 0.2) is 5.65 Å². The zero-order chi connectivity index (χ0) is 33.0. The molecule has 50 heavy (non-hydrogen) atoms. The molecule has 0 N–H and O–H groups in total. The smallest absolute Gasteiger partial charge is 0.165 e. The Hall–Kier alpha value is -6.78. The molecule has 0 aliphatic rings. The van der Waals surface area contributed by atoms with Crippen LogP contribution in [0.5, 0.6) is 0 Å². The summed E-state index contributed by atoms with van der Waals surface area (Å²) in [7, 11) is 0. The van der Waals surface area contributed by atoms with Crippen LogP contribution in [-0.2, 0) is 0 Å². The number of para-hydroxylation sites is 3. The maximum absolute atomic E-state index is 5.48. The van der Waals surface area contributed by atoms with E-state index in [1.807, 2.05) is 12.1 Å². The summed E-state index contributed by atoms with van der Waals surface area (Å²) in [6.07, 6.45) is 0. The summed E-state index contributed by atoms with van der Waals surface area (Å²) < 4.78 is 4.62. The summed E-state index contributed by atoms with van der Waals surface area (Å²) in [5.41, 5.74) is 13.5. The van der Waals surface area contributed by atoms with Gasteiger partial charge in [-0.1, -0.05) is 133 Å². The molecule has 0 unspecified atom stereocenters. The minimum absolute atomic E-state index is 0.835. The Balaban J connectivity index is 1.25. The van der Waals surface area contributed by atoms with Gasteiger partial charge in [0.05, 0.1) is 27.9 Å². The Bertz CT molecular complexity index is 2840. The van der Waals surface area contributed by atoms with Crippen molar-refractivity contribution in [1.29, 1.82) is 0 Å². The standard InChI is InChI=1S/C46H30N4/c1-5-15-31(16-6-1)43-44(32-17-7-2-8-18-32)48-46-45(47-43)39-29-33(26-28-41(39)50(46)36-21-11-4-12-22-36)34-25-27-38-37-23-13-14-24-40(37)49(42(38)30-34)35-19-9-3-10-20-35/h1-30H. The van der Waals surface area contributed by atoms with Crippen LogP contribution in [0.1, 0.15) is 0 Å². The van der Waals surface area contributed by atoms with Crippen molar-refractivity contribution >= 4 is 43.9 Å². The Morgan fingerprint density at radius 3 is 1.50 bits per heavy atom. The van der Waals surface area contributed by atoms with Crippen molar-refractivity contribution in [3.05, 3.63) is 182 Å². The van der Waals surface area contributed by atoms with Gasteiger partial charge in [0.1, 0.15) is 5.52 Å². The molecule has 0 fully saturated rings. The molecule has 10 rings (SSSR count). The van der Waals surface area contributed by atoms with Gasteiger partial charge in [-0.3, -0.25) is 4.57 Å². The van der Waals surface area contributed by atoms with Gasteiger partial charge in [-0.15, -0.1) is 0 Å². The number of hydrogen-bond acceptors (Lipinski definition) is 2. The molecule has 4 nitrogen and oxygen atoms in total. The molecule has 0 radical (unpaired) electrons. The van der Waals surface area contributed by atoms with E-state index < -0.39 is 0 Å². The van der Waals surface area contributed by atoms with Crippen molar-refractivity contribution in [3.63, 3.8) is 0 Å². The highest BCUT2D eigenvalue weighted by atomic mass is 15.1. The first-order chi connectivity index (χ1) is 24.8. The van der Waals surface area contributed by atoms with Gasteiger partial charge in [0, 0.05) is 38.7 Å². The molecule has 10 aromatic rings. The van der Waals surface area contributed by atoms with Crippen LogP contribution in [0.15, 0.2) is 182 Å². The predicted octanol–water partition coefficient (Wildman–Crippen LogP) is 11.7. The highest BCUT2D eigenvalue weighted by Crippen LogP contribution is 2.39. The van der Waals surface area contributed by atoms with E-state index in [0.29, 0.717) is 0 Å². The topological polar surface area (TPSA) is 35.6 Å². The third kappa shape index (κ3) is 4.46. The molecule has 0 saturated heterocycles. The van der Waals surface area contributed by atoms with E-state index in [4.69, 9.17) is 9.97 Å². The van der Waals surface area contributed by atoms with Gasteiger partial charge in [-0.25, -0.2) is 9.97 Å². The molecule has 0 bridgehead atoms. The summed E-state index contributed by atoms with van der Waals surface area (Å²) in [6.45, 7) is 0. The lowest BCUT2D eigenvalue weighted by atomic mass is 10.0. The lowest BCUT2D eigenvalue weighted by molar-refractivity contribution is 1.13. The number of nitrogens with zero attached hydrogens (tertiary/aromatic N) is 4. The van der Waals surface area contributed by atoms with E-state index in [-0.39, 0.29) is 0 Å². The summed E-state index contributed by atoms with van der Waals surface area (Å²) in [5, 5.41) is 3.55. The first-order valence-electron chi connectivity index (χ1n) is 16.9. The Morgan fingerprint density at radius 2 is 0.820 bits per heavy atom. The first kappa shape index (κ1) is 28.3. The van der Waals surface area contributed by atoms with E-state index in [9.17, 15) is 0 Å². The van der Waals surface area contributed by atoms with E-state index in [0.717, 1.165) is 67.1 Å². The van der Waals surface area contributed by atoms with E-state index in [1.54, 1.807) is 0 Å². The van der Waals surface area contributed by atoms with Crippen LogP contribution in [0.3, 0.4) is 0 Å². The zero-order valence-electron chi connectivity index (χ0n) is 27.1. The molecule has 3 heterocycles. The van der Waals surface area contributed by atoms with Crippen molar-refractivity contribution in [3.8, 4) is 45.0 Å². The molecule has 7 aromatic carbocycles. The molecule has 0 saturated carbocycles. The average molecular weight is 639 g/mol. The van der Waals surface area contributed by atoms with Crippen LogP contribution in [0.25, 0.3) is 88.9 Å². The summed E-state index contributed by atoms with van der Waals surface area (Å²) >= 11 is 0. The van der Waals surface area contributed by atoms with Crippen LogP contribution in [-0.4, -0.2) is 19.1 Å². The molecular formula is C46H30N4. The minimum Gasteiger partial charge on any atom is -0.309 e. The number of fused-ring (bicyclic) bond motifs is 6. The van der Waals surface area contributed by atoms with Crippen LogP contribution < -0.4 is 0 Å². The summed E-state index contributed by atoms with van der Waals surface area (Å²) in [5.74, 6) is 0. The van der Waals surface area contributed by atoms with Crippen molar-refractivity contribution < 1.29 is 0 Å². The predicted molar refractivity (Wildman–Crippen MR) is 207 cm³/mol. The van der Waals surface area contributed by atoms with Gasteiger partial charge in [0.25, 0.3) is 0 Å². The Kier molecular flexibility index (Phi) is 6.46. The second-order valence-corrected chi connectivity index (χ2v) is 12.6. The lowest BCUT2D eigenvalue weighted by Gasteiger charge is -2.11. The molecule has 0 aliphatic carbocycles. The molecular weight excluding hydrogens is 609 g/mol. The number of hydrogen-bond donors (Lipinski definition) is 0. The lowest BCUT2D eigenvalue weighted by Crippen LogP contribution is -1.99. The summed E-state index contributed by atoms with van der Waals surface area (Å²) in [4.78, 5) is 10.9. The van der Waals surface area contributed by atoms with Crippen molar-refractivity contribution in [2.24, 2.45) is 0 Å². The van der Waals surface area contributed by atoms with Gasteiger partial charge in [-0.2, -0.15) is 0 Å². The quantitative estimate of drug-likeness (QED) is 0.188. The second kappa shape index (κ2) is 11.4. The second-order valence-electron chi connectivity index (χ2n) is 12.6. The maximum atomic E-state index is 5.48. The normalized spacial score (nSPS) is 11.6. The third-order valence-electron chi connectivity index (χ3n) is 9.71. The Labute approximate surface area is 289 Å². The highest BCUT2D eigenvalue weighted by molar-refractivity contribution is 6.11.